The second-order valence-corrected chi connectivity index (χ2v) is 5.07. The van der Waals surface area contributed by atoms with Gasteiger partial charge in [0.15, 0.2) is 0 Å². The largest absolute Gasteiger partial charge is 0.392 e. The number of anilines is 2. The molecule has 6 nitrogen and oxygen atoms in total. The lowest BCUT2D eigenvalue weighted by atomic mass is 10.1. The molecule has 0 radical (unpaired) electrons. The van der Waals surface area contributed by atoms with Gasteiger partial charge in [-0.2, -0.15) is 5.10 Å². The maximum absolute atomic E-state index is 9.08. The van der Waals surface area contributed by atoms with Crippen molar-refractivity contribution in [1.29, 1.82) is 0 Å². The van der Waals surface area contributed by atoms with Gasteiger partial charge >= 0.3 is 0 Å². The number of benzene rings is 1. The molecule has 0 atom stereocenters. The maximum Gasteiger partial charge on any atom is 0.224 e. The van der Waals surface area contributed by atoms with Gasteiger partial charge in [0.25, 0.3) is 0 Å². The second-order valence-electron chi connectivity index (χ2n) is 4.73. The van der Waals surface area contributed by atoms with E-state index in [2.05, 4.69) is 20.4 Å². The van der Waals surface area contributed by atoms with Crippen molar-refractivity contribution < 1.29 is 5.11 Å². The molecule has 0 spiro atoms. The summed E-state index contributed by atoms with van der Waals surface area (Å²) in [6.07, 6.45) is 1.59. The number of aryl methyl sites for hydroxylation is 1. The third kappa shape index (κ3) is 3.08. The average Bonchev–Trinajstić information content (AvgIpc) is 2.88. The molecule has 0 saturated carbocycles. The predicted octanol–water partition coefficient (Wildman–Crippen LogP) is 2.77. The fourth-order valence-corrected chi connectivity index (χ4v) is 2.19. The summed E-state index contributed by atoms with van der Waals surface area (Å²) in [6, 6.07) is 11.3. The van der Waals surface area contributed by atoms with Gasteiger partial charge in [0.2, 0.25) is 5.28 Å². The summed E-state index contributed by atoms with van der Waals surface area (Å²) >= 11 is 5.78. The van der Waals surface area contributed by atoms with Crippen LogP contribution < -0.4 is 5.32 Å². The minimum Gasteiger partial charge on any atom is -0.392 e. The molecule has 22 heavy (non-hydrogen) atoms. The Morgan fingerprint density at radius 1 is 1.23 bits per heavy atom. The molecule has 0 aliphatic rings. The quantitative estimate of drug-likeness (QED) is 0.724. The molecule has 1 aromatic carbocycles. The Labute approximate surface area is 132 Å². The number of hydrogen-bond donors (Lipinski definition) is 2. The van der Waals surface area contributed by atoms with Crippen molar-refractivity contribution in [3.8, 4) is 11.3 Å². The zero-order valence-electron chi connectivity index (χ0n) is 11.9. The highest BCUT2D eigenvalue weighted by atomic mass is 35.5. The number of rotatable bonds is 4. The summed E-state index contributed by atoms with van der Waals surface area (Å²) in [5.41, 5.74) is 2.67. The Balaban J connectivity index is 1.86. The first-order valence-electron chi connectivity index (χ1n) is 6.65. The molecule has 3 aromatic rings. The number of aliphatic hydroxyl groups excluding tert-OH is 1. The normalized spacial score (nSPS) is 10.7. The van der Waals surface area contributed by atoms with Crippen LogP contribution in [0.4, 0.5) is 11.6 Å². The summed E-state index contributed by atoms with van der Waals surface area (Å²) in [6.45, 7) is 0.0315. The molecule has 3 rings (SSSR count). The molecule has 0 amide bonds. The van der Waals surface area contributed by atoms with Crippen LogP contribution in [-0.2, 0) is 13.7 Å². The van der Waals surface area contributed by atoms with Crippen molar-refractivity contribution in [1.82, 2.24) is 19.7 Å². The lowest BCUT2D eigenvalue weighted by molar-refractivity contribution is 0.282. The lowest BCUT2D eigenvalue weighted by Crippen LogP contribution is -2.00. The van der Waals surface area contributed by atoms with Crippen molar-refractivity contribution in [3.63, 3.8) is 0 Å². The number of hydrogen-bond acceptors (Lipinski definition) is 5. The van der Waals surface area contributed by atoms with Gasteiger partial charge in [0.1, 0.15) is 11.6 Å². The van der Waals surface area contributed by atoms with E-state index in [4.69, 9.17) is 16.7 Å². The molecule has 112 valence electrons. The Bertz CT molecular complexity index is 785. The summed E-state index contributed by atoms with van der Waals surface area (Å²) in [7, 11) is 1.84. The van der Waals surface area contributed by atoms with E-state index in [1.807, 2.05) is 37.4 Å². The molecule has 0 unspecified atom stereocenters. The first-order valence-corrected chi connectivity index (χ1v) is 7.03. The fourth-order valence-electron chi connectivity index (χ4n) is 2.04. The van der Waals surface area contributed by atoms with Crippen molar-refractivity contribution in [2.24, 2.45) is 7.05 Å². The zero-order chi connectivity index (χ0) is 15.5. The van der Waals surface area contributed by atoms with E-state index in [1.165, 1.54) is 0 Å². The smallest absolute Gasteiger partial charge is 0.224 e. The van der Waals surface area contributed by atoms with Gasteiger partial charge in [0.05, 0.1) is 12.3 Å². The molecule has 0 fully saturated rings. The van der Waals surface area contributed by atoms with E-state index in [9.17, 15) is 0 Å². The van der Waals surface area contributed by atoms with Gasteiger partial charge in [-0.25, -0.2) is 9.97 Å². The topological polar surface area (TPSA) is 75.9 Å². The minimum atomic E-state index is 0.0315. The van der Waals surface area contributed by atoms with Crippen LogP contribution in [0.2, 0.25) is 5.28 Å². The first kappa shape index (κ1) is 14.5. The van der Waals surface area contributed by atoms with E-state index in [1.54, 1.807) is 16.9 Å². The maximum atomic E-state index is 9.08. The number of aliphatic hydroxyl groups is 1. The SMILES string of the molecule is Cn1nc(-c2ccc(CO)cc2)cc1Nc1ccnc(Cl)n1. The summed E-state index contributed by atoms with van der Waals surface area (Å²) in [4.78, 5) is 7.93. The van der Waals surface area contributed by atoms with Crippen LogP contribution in [0.5, 0.6) is 0 Å². The van der Waals surface area contributed by atoms with Crippen molar-refractivity contribution in [2.75, 3.05) is 5.32 Å². The van der Waals surface area contributed by atoms with Gasteiger partial charge < -0.3 is 10.4 Å². The van der Waals surface area contributed by atoms with Gasteiger partial charge in [-0.1, -0.05) is 24.3 Å². The van der Waals surface area contributed by atoms with Gasteiger partial charge in [-0.05, 0) is 23.2 Å². The molecule has 0 aliphatic heterocycles. The summed E-state index contributed by atoms with van der Waals surface area (Å²) in [5.74, 6) is 1.39. The lowest BCUT2D eigenvalue weighted by Gasteiger charge is -2.04. The molecule has 0 aliphatic carbocycles. The monoisotopic (exact) mass is 315 g/mol. The zero-order valence-corrected chi connectivity index (χ0v) is 12.6. The van der Waals surface area contributed by atoms with Gasteiger partial charge in [0, 0.05) is 24.9 Å². The third-order valence-corrected chi connectivity index (χ3v) is 3.38. The van der Waals surface area contributed by atoms with E-state index in [0.29, 0.717) is 5.82 Å². The van der Waals surface area contributed by atoms with E-state index >= 15 is 0 Å². The molecule has 2 aromatic heterocycles. The Morgan fingerprint density at radius 2 is 2.00 bits per heavy atom. The Kier molecular flexibility index (Phi) is 4.04. The molecular weight excluding hydrogens is 302 g/mol. The van der Waals surface area contributed by atoms with Crippen molar-refractivity contribution in [3.05, 3.63) is 53.4 Å². The van der Waals surface area contributed by atoms with Crippen LogP contribution in [0.25, 0.3) is 11.3 Å². The van der Waals surface area contributed by atoms with E-state index in [0.717, 1.165) is 22.6 Å². The van der Waals surface area contributed by atoms with E-state index in [-0.39, 0.29) is 11.9 Å². The minimum absolute atomic E-state index is 0.0315. The fraction of sp³-hybridized carbons (Fsp3) is 0.133. The Morgan fingerprint density at radius 3 is 2.68 bits per heavy atom. The van der Waals surface area contributed by atoms with Crippen molar-refractivity contribution >= 4 is 23.2 Å². The van der Waals surface area contributed by atoms with Gasteiger partial charge in [-0.15, -0.1) is 0 Å². The summed E-state index contributed by atoms with van der Waals surface area (Å²) < 4.78 is 1.73. The molecule has 2 N–H and O–H groups in total. The molecular formula is C15H14ClN5O. The molecule has 0 bridgehead atoms. The number of aromatic nitrogens is 4. The average molecular weight is 316 g/mol. The highest BCUT2D eigenvalue weighted by molar-refractivity contribution is 6.28. The van der Waals surface area contributed by atoms with Crippen LogP contribution in [0.1, 0.15) is 5.56 Å². The molecule has 7 heteroatoms. The summed E-state index contributed by atoms with van der Waals surface area (Å²) in [5, 5.41) is 16.9. The highest BCUT2D eigenvalue weighted by Crippen LogP contribution is 2.23. The molecule has 0 saturated heterocycles. The first-order chi connectivity index (χ1) is 10.7. The van der Waals surface area contributed by atoms with Crippen LogP contribution in [0.3, 0.4) is 0 Å². The number of nitrogens with one attached hydrogen (secondary N) is 1. The highest BCUT2D eigenvalue weighted by Gasteiger charge is 2.08. The number of halogens is 1. The molecule has 2 heterocycles. The standard InChI is InChI=1S/C15H14ClN5O/c1-21-14(18-13-6-7-17-15(16)19-13)8-12(20-21)11-4-2-10(9-22)3-5-11/h2-8,22H,9H2,1H3,(H,17,18,19). The van der Waals surface area contributed by atoms with Crippen molar-refractivity contribution in [2.45, 2.75) is 6.61 Å². The van der Waals surface area contributed by atoms with Crippen LogP contribution in [-0.4, -0.2) is 24.9 Å². The van der Waals surface area contributed by atoms with Gasteiger partial charge in [-0.3, -0.25) is 4.68 Å². The Hall–Kier alpha value is -2.44. The predicted molar refractivity (Wildman–Crippen MR) is 84.9 cm³/mol. The third-order valence-electron chi connectivity index (χ3n) is 3.19. The van der Waals surface area contributed by atoms with Crippen LogP contribution >= 0.6 is 11.6 Å². The van der Waals surface area contributed by atoms with Crippen LogP contribution in [0.15, 0.2) is 42.6 Å². The number of nitrogens with zero attached hydrogens (tertiary/aromatic N) is 4. The van der Waals surface area contributed by atoms with Crippen LogP contribution in [0, 0.1) is 0 Å². The van der Waals surface area contributed by atoms with E-state index < -0.39 is 0 Å². The second kappa shape index (κ2) is 6.13.